The quantitative estimate of drug-likeness (QED) is 0.341. The molecule has 0 saturated carbocycles. The molecule has 0 aliphatic carbocycles. The Kier molecular flexibility index (Phi) is 6.58. The Hall–Kier alpha value is -2.35. The van der Waals surface area contributed by atoms with E-state index in [1.54, 1.807) is 6.07 Å². The van der Waals surface area contributed by atoms with Crippen molar-refractivity contribution in [2.45, 2.75) is 0 Å². The summed E-state index contributed by atoms with van der Waals surface area (Å²) < 4.78 is 5.23. The molecule has 0 aromatic heterocycles. The lowest BCUT2D eigenvalue weighted by Crippen LogP contribution is -2.24. The minimum absolute atomic E-state index is 0.126. The summed E-state index contributed by atoms with van der Waals surface area (Å²) in [5, 5.41) is 15.2. The van der Waals surface area contributed by atoms with Gasteiger partial charge in [-0.15, -0.1) is 0 Å². The third-order valence-corrected chi connectivity index (χ3v) is 3.88. The van der Waals surface area contributed by atoms with Crippen molar-refractivity contribution < 1.29 is 14.5 Å². The van der Waals surface area contributed by atoms with E-state index < -0.39 is 10.8 Å². The number of carbonyl (C=O) groups excluding carboxylic acids is 1. The molecule has 7 nitrogen and oxygen atoms in total. The number of nitro benzene ring substituents is 1. The fourth-order valence-electron chi connectivity index (χ4n) is 1.73. The van der Waals surface area contributed by atoms with E-state index >= 15 is 0 Å². The molecule has 10 heteroatoms. The molecule has 130 valence electrons. The van der Waals surface area contributed by atoms with E-state index in [0.29, 0.717) is 0 Å². The molecule has 1 N–H and O–H groups in total. The van der Waals surface area contributed by atoms with Crippen molar-refractivity contribution in [3.63, 3.8) is 0 Å². The summed E-state index contributed by atoms with van der Waals surface area (Å²) in [6, 6.07) is 8.76. The molecule has 25 heavy (non-hydrogen) atoms. The number of hydrogen-bond donors (Lipinski definition) is 1. The highest BCUT2D eigenvalue weighted by Crippen LogP contribution is 2.33. The maximum Gasteiger partial charge on any atom is 0.278 e. The van der Waals surface area contributed by atoms with E-state index in [1.165, 1.54) is 36.5 Å². The van der Waals surface area contributed by atoms with Crippen LogP contribution in [0.15, 0.2) is 41.5 Å². The zero-order chi connectivity index (χ0) is 18.4. The number of amides is 1. The Balaban J connectivity index is 1.93. The summed E-state index contributed by atoms with van der Waals surface area (Å²) in [7, 11) is 0. The first kappa shape index (κ1) is 19.0. The molecule has 0 unspecified atom stereocenters. The van der Waals surface area contributed by atoms with Crippen molar-refractivity contribution in [1.82, 2.24) is 5.43 Å². The average molecular weight is 403 g/mol. The van der Waals surface area contributed by atoms with Gasteiger partial charge in [-0.05, 0) is 12.1 Å². The standard InChI is InChI=1S/C15H10Cl3N3O4/c16-10-5-12(18)14(6-11(10)17)25-8-15(22)20-19-7-9-3-1-2-4-13(9)21(23)24/h1-7H,8H2,(H,20,22). The highest BCUT2D eigenvalue weighted by atomic mass is 35.5. The third kappa shape index (κ3) is 5.32. The molecule has 0 fully saturated rings. The van der Waals surface area contributed by atoms with Crippen molar-refractivity contribution in [3.05, 3.63) is 67.1 Å². The molecule has 2 aromatic carbocycles. The molecular formula is C15H10Cl3N3O4. The first-order valence-electron chi connectivity index (χ1n) is 6.71. The number of carbonyl (C=O) groups is 1. The van der Waals surface area contributed by atoms with Gasteiger partial charge in [-0.25, -0.2) is 5.43 Å². The second kappa shape index (κ2) is 8.66. The minimum atomic E-state index is -0.586. The molecule has 0 bridgehead atoms. The lowest BCUT2D eigenvalue weighted by Gasteiger charge is -2.08. The zero-order valence-corrected chi connectivity index (χ0v) is 14.7. The maximum atomic E-state index is 11.7. The van der Waals surface area contributed by atoms with E-state index in [1.807, 2.05) is 0 Å². The summed E-state index contributed by atoms with van der Waals surface area (Å²) in [5.41, 5.74) is 2.32. The van der Waals surface area contributed by atoms with Crippen LogP contribution < -0.4 is 10.2 Å². The lowest BCUT2D eigenvalue weighted by atomic mass is 10.2. The van der Waals surface area contributed by atoms with Gasteiger partial charge in [0.25, 0.3) is 11.6 Å². The van der Waals surface area contributed by atoms with Crippen molar-refractivity contribution in [1.29, 1.82) is 0 Å². The second-order valence-corrected chi connectivity index (χ2v) is 5.82. The van der Waals surface area contributed by atoms with Crippen LogP contribution in [0.2, 0.25) is 15.1 Å². The van der Waals surface area contributed by atoms with Crippen LogP contribution in [-0.4, -0.2) is 23.7 Å². The van der Waals surface area contributed by atoms with Crippen molar-refractivity contribution in [2.24, 2.45) is 5.10 Å². The summed E-state index contributed by atoms with van der Waals surface area (Å²) in [6.07, 6.45) is 1.17. The first-order valence-corrected chi connectivity index (χ1v) is 7.84. The SMILES string of the molecule is O=C(COc1cc(Cl)c(Cl)cc1Cl)NN=Cc1ccccc1[N+](=O)[O-]. The molecule has 0 atom stereocenters. The zero-order valence-electron chi connectivity index (χ0n) is 12.4. The Morgan fingerprint density at radius 1 is 1.20 bits per heavy atom. The molecule has 2 aromatic rings. The molecule has 0 radical (unpaired) electrons. The number of ether oxygens (including phenoxy) is 1. The van der Waals surface area contributed by atoms with E-state index in [0.717, 1.165) is 0 Å². The van der Waals surface area contributed by atoms with Gasteiger partial charge in [0, 0.05) is 12.1 Å². The monoisotopic (exact) mass is 401 g/mol. The summed E-state index contributed by atoms with van der Waals surface area (Å²) in [5.74, 6) is -0.397. The number of para-hydroxylation sites is 1. The number of hydrogen-bond acceptors (Lipinski definition) is 5. The fraction of sp³-hybridized carbons (Fsp3) is 0.0667. The summed E-state index contributed by atoms with van der Waals surface area (Å²) in [4.78, 5) is 22.0. The third-order valence-electron chi connectivity index (χ3n) is 2.86. The van der Waals surface area contributed by atoms with Gasteiger partial charge in [0.2, 0.25) is 0 Å². The summed E-state index contributed by atoms with van der Waals surface area (Å²) in [6.45, 7) is -0.383. The van der Waals surface area contributed by atoms with Gasteiger partial charge in [0.15, 0.2) is 6.61 Å². The van der Waals surface area contributed by atoms with Gasteiger partial charge >= 0.3 is 0 Å². The molecular weight excluding hydrogens is 393 g/mol. The topological polar surface area (TPSA) is 93.8 Å². The minimum Gasteiger partial charge on any atom is -0.482 e. The Morgan fingerprint density at radius 3 is 2.60 bits per heavy atom. The maximum absolute atomic E-state index is 11.7. The molecule has 0 aliphatic heterocycles. The molecule has 0 spiro atoms. The van der Waals surface area contributed by atoms with Gasteiger partial charge in [0.05, 0.1) is 31.8 Å². The van der Waals surface area contributed by atoms with Crippen LogP contribution >= 0.6 is 34.8 Å². The van der Waals surface area contributed by atoms with E-state index in [9.17, 15) is 14.9 Å². The van der Waals surface area contributed by atoms with Crippen molar-refractivity contribution >= 4 is 52.6 Å². The van der Waals surface area contributed by atoms with Gasteiger partial charge in [-0.3, -0.25) is 14.9 Å². The van der Waals surface area contributed by atoms with Crippen LogP contribution in [0, 0.1) is 10.1 Å². The van der Waals surface area contributed by atoms with Gasteiger partial charge in [-0.1, -0.05) is 46.9 Å². The van der Waals surface area contributed by atoms with Crippen LogP contribution in [-0.2, 0) is 4.79 Å². The van der Waals surface area contributed by atoms with E-state index in [2.05, 4.69) is 10.5 Å². The normalized spacial score (nSPS) is 10.7. The van der Waals surface area contributed by atoms with Crippen LogP contribution in [0.5, 0.6) is 5.75 Å². The van der Waals surface area contributed by atoms with Crippen molar-refractivity contribution in [3.8, 4) is 5.75 Å². The predicted octanol–water partition coefficient (Wildman–Crippen LogP) is 4.08. The Morgan fingerprint density at radius 2 is 1.88 bits per heavy atom. The van der Waals surface area contributed by atoms with Crippen LogP contribution in [0.3, 0.4) is 0 Å². The second-order valence-electron chi connectivity index (χ2n) is 4.59. The molecule has 0 saturated heterocycles. The van der Waals surface area contributed by atoms with Gasteiger partial charge < -0.3 is 4.74 Å². The number of nitrogens with one attached hydrogen (secondary N) is 1. The average Bonchev–Trinajstić information content (AvgIpc) is 2.57. The number of hydrazone groups is 1. The summed E-state index contributed by atoms with van der Waals surface area (Å²) >= 11 is 17.6. The largest absolute Gasteiger partial charge is 0.482 e. The molecule has 0 aliphatic rings. The van der Waals surface area contributed by atoms with E-state index in [4.69, 9.17) is 39.5 Å². The number of halogens is 3. The highest BCUT2D eigenvalue weighted by molar-refractivity contribution is 6.43. The number of rotatable bonds is 6. The highest BCUT2D eigenvalue weighted by Gasteiger charge is 2.11. The number of nitrogens with zero attached hydrogens (tertiary/aromatic N) is 2. The van der Waals surface area contributed by atoms with Crippen molar-refractivity contribution in [2.75, 3.05) is 6.61 Å². The Bertz CT molecular complexity index is 843. The molecule has 0 heterocycles. The predicted molar refractivity (Wildman–Crippen MR) is 95.8 cm³/mol. The number of nitro groups is 1. The number of benzene rings is 2. The van der Waals surface area contributed by atoms with Crippen LogP contribution in [0.4, 0.5) is 5.69 Å². The lowest BCUT2D eigenvalue weighted by molar-refractivity contribution is -0.385. The Labute approximate surface area is 157 Å². The first-order chi connectivity index (χ1) is 11.9. The molecule has 1 amide bonds. The molecule has 2 rings (SSSR count). The van der Waals surface area contributed by atoms with Gasteiger partial charge in [-0.2, -0.15) is 5.10 Å². The van der Waals surface area contributed by atoms with Gasteiger partial charge in [0.1, 0.15) is 5.75 Å². The smallest absolute Gasteiger partial charge is 0.278 e. The van der Waals surface area contributed by atoms with Crippen LogP contribution in [0.1, 0.15) is 5.56 Å². The van der Waals surface area contributed by atoms with Crippen LogP contribution in [0.25, 0.3) is 0 Å². The fourth-order valence-corrected chi connectivity index (χ4v) is 2.32. The van der Waals surface area contributed by atoms with E-state index in [-0.39, 0.29) is 38.7 Å².